The second-order valence-electron chi connectivity index (χ2n) is 10.2. The van der Waals surface area contributed by atoms with Crippen molar-refractivity contribution in [3.05, 3.63) is 24.3 Å². The molecule has 1 aromatic rings. The van der Waals surface area contributed by atoms with E-state index in [1.54, 1.807) is 7.11 Å². The van der Waals surface area contributed by atoms with Crippen molar-refractivity contribution in [1.82, 2.24) is 15.1 Å². The van der Waals surface area contributed by atoms with E-state index in [2.05, 4.69) is 46.0 Å². The zero-order chi connectivity index (χ0) is 23.1. The Hall–Kier alpha value is -1.79. The van der Waals surface area contributed by atoms with Crippen LogP contribution < -0.4 is 15.0 Å². The number of carbonyl (C=O) groups is 1. The molecule has 32 heavy (non-hydrogen) atoms. The highest BCUT2D eigenvalue weighted by Crippen LogP contribution is 2.31. The fourth-order valence-corrected chi connectivity index (χ4v) is 5.44. The molecule has 1 aromatic carbocycles. The molecule has 0 radical (unpaired) electrons. The lowest BCUT2D eigenvalue weighted by atomic mass is 9.86. The van der Waals surface area contributed by atoms with E-state index in [9.17, 15) is 4.79 Å². The molecule has 2 heterocycles. The Morgan fingerprint density at radius 3 is 2.47 bits per heavy atom. The normalized spacial score (nSPS) is 23.0. The first-order chi connectivity index (χ1) is 15.4. The van der Waals surface area contributed by atoms with Crippen molar-refractivity contribution in [2.45, 2.75) is 59.0 Å². The number of benzene rings is 1. The minimum absolute atomic E-state index is 0.195. The van der Waals surface area contributed by atoms with Gasteiger partial charge in [0.2, 0.25) is 5.91 Å². The maximum atomic E-state index is 12.3. The van der Waals surface area contributed by atoms with Gasteiger partial charge in [-0.2, -0.15) is 0 Å². The summed E-state index contributed by atoms with van der Waals surface area (Å²) in [6, 6.07) is 9.12. The van der Waals surface area contributed by atoms with E-state index in [1.165, 1.54) is 18.7 Å². The zero-order valence-electron chi connectivity index (χ0n) is 20.8. The molecule has 180 valence electrons. The van der Waals surface area contributed by atoms with E-state index in [0.717, 1.165) is 51.4 Å². The highest BCUT2D eigenvalue weighted by atomic mass is 16.5. The molecule has 2 aliphatic heterocycles. The Bertz CT molecular complexity index is 716. The summed E-state index contributed by atoms with van der Waals surface area (Å²) >= 11 is 0. The average molecular weight is 445 g/mol. The van der Waals surface area contributed by atoms with Crippen LogP contribution in [-0.4, -0.2) is 80.7 Å². The average Bonchev–Trinajstić information content (AvgIpc) is 2.77. The highest BCUT2D eigenvalue weighted by molar-refractivity contribution is 5.76. The molecule has 6 heteroatoms. The number of methoxy groups -OCH3 is 1. The smallest absolute Gasteiger partial charge is 0.220 e. The molecular formula is C26H44N4O2. The van der Waals surface area contributed by atoms with Crippen LogP contribution in [0.15, 0.2) is 24.3 Å². The monoisotopic (exact) mass is 444 g/mol. The number of hydrogen-bond acceptors (Lipinski definition) is 5. The van der Waals surface area contributed by atoms with Crippen molar-refractivity contribution in [3.8, 4) is 5.75 Å². The molecule has 1 N–H and O–H groups in total. The quantitative estimate of drug-likeness (QED) is 0.632. The standard InChI is InChI=1S/C26H44N4O2/c1-20(2)18-28-13-12-23(22(19-28)10-11-26(31)27-21(3)4)29-14-16-30(17-15-29)24-8-6-7-9-25(24)32-5/h6-9,20-23H,10-19H2,1-5H3,(H,27,31)/t22-,23+/m0/s1. The van der Waals surface area contributed by atoms with Crippen LogP contribution >= 0.6 is 0 Å². The predicted octanol–water partition coefficient (Wildman–Crippen LogP) is 3.47. The largest absolute Gasteiger partial charge is 0.495 e. The number of rotatable bonds is 9. The van der Waals surface area contributed by atoms with Crippen molar-refractivity contribution < 1.29 is 9.53 Å². The number of amides is 1. The molecule has 0 saturated carbocycles. The number of piperidine rings is 1. The number of hydrogen-bond donors (Lipinski definition) is 1. The van der Waals surface area contributed by atoms with Crippen LogP contribution in [0.1, 0.15) is 47.0 Å². The second-order valence-corrected chi connectivity index (χ2v) is 10.2. The molecule has 0 unspecified atom stereocenters. The van der Waals surface area contributed by atoms with Crippen molar-refractivity contribution >= 4 is 11.6 Å². The van der Waals surface area contributed by atoms with Gasteiger partial charge in [-0.05, 0) is 57.2 Å². The summed E-state index contributed by atoms with van der Waals surface area (Å²) in [4.78, 5) is 20.1. The fourth-order valence-electron chi connectivity index (χ4n) is 5.44. The number of anilines is 1. The maximum absolute atomic E-state index is 12.3. The maximum Gasteiger partial charge on any atom is 0.220 e. The van der Waals surface area contributed by atoms with Crippen molar-refractivity contribution in [2.24, 2.45) is 11.8 Å². The van der Waals surface area contributed by atoms with Gasteiger partial charge in [0, 0.05) is 57.8 Å². The lowest BCUT2D eigenvalue weighted by molar-refractivity contribution is -0.122. The lowest BCUT2D eigenvalue weighted by Gasteiger charge is -2.47. The Morgan fingerprint density at radius 2 is 1.81 bits per heavy atom. The molecule has 0 aromatic heterocycles. The van der Waals surface area contributed by atoms with Crippen molar-refractivity contribution in [3.63, 3.8) is 0 Å². The molecule has 0 bridgehead atoms. The van der Waals surface area contributed by atoms with Gasteiger partial charge in [0.25, 0.3) is 0 Å². The number of likely N-dealkylation sites (tertiary alicyclic amines) is 1. The van der Waals surface area contributed by atoms with Crippen molar-refractivity contribution in [1.29, 1.82) is 0 Å². The third-order valence-corrected chi connectivity index (χ3v) is 6.80. The molecule has 2 fully saturated rings. The van der Waals surface area contributed by atoms with Crippen LogP contribution in [0.25, 0.3) is 0 Å². The number of nitrogens with zero attached hydrogens (tertiary/aromatic N) is 3. The summed E-state index contributed by atoms with van der Waals surface area (Å²) in [5.74, 6) is 2.39. The molecule has 1 amide bonds. The first-order valence-electron chi connectivity index (χ1n) is 12.5. The topological polar surface area (TPSA) is 48.1 Å². The van der Waals surface area contributed by atoms with E-state index in [0.29, 0.717) is 24.3 Å². The number of para-hydroxylation sites is 2. The van der Waals surface area contributed by atoms with E-state index in [1.807, 2.05) is 26.0 Å². The molecule has 2 aliphatic rings. The number of carbonyl (C=O) groups excluding carboxylic acids is 1. The van der Waals surface area contributed by atoms with Crippen molar-refractivity contribution in [2.75, 3.05) is 57.8 Å². The van der Waals surface area contributed by atoms with E-state index in [4.69, 9.17) is 4.74 Å². The van der Waals surface area contributed by atoms with Gasteiger partial charge in [-0.15, -0.1) is 0 Å². The molecule has 2 atom stereocenters. The van der Waals surface area contributed by atoms with Crippen LogP contribution in [0.3, 0.4) is 0 Å². The Balaban J connectivity index is 1.61. The number of nitrogens with one attached hydrogen (secondary N) is 1. The zero-order valence-corrected chi connectivity index (χ0v) is 20.8. The Labute approximate surface area is 195 Å². The summed E-state index contributed by atoms with van der Waals surface area (Å²) in [5.41, 5.74) is 1.20. The lowest BCUT2D eigenvalue weighted by Crippen LogP contribution is -2.57. The van der Waals surface area contributed by atoms with Crippen LogP contribution in [0.2, 0.25) is 0 Å². The van der Waals surface area contributed by atoms with E-state index >= 15 is 0 Å². The molecule has 6 nitrogen and oxygen atoms in total. The number of piperazine rings is 1. The SMILES string of the molecule is COc1ccccc1N1CCN([C@@H]2CCN(CC(C)C)C[C@@H]2CCC(=O)NC(C)C)CC1. The third-order valence-electron chi connectivity index (χ3n) is 6.80. The van der Waals surface area contributed by atoms with Gasteiger partial charge in [-0.25, -0.2) is 0 Å². The molecule has 3 rings (SSSR count). The molecule has 0 spiro atoms. The van der Waals surface area contributed by atoms with Crippen LogP contribution in [-0.2, 0) is 4.79 Å². The predicted molar refractivity (Wildman–Crippen MR) is 132 cm³/mol. The first-order valence-corrected chi connectivity index (χ1v) is 12.5. The minimum atomic E-state index is 0.195. The summed E-state index contributed by atoms with van der Waals surface area (Å²) in [6.07, 6.45) is 2.82. The highest BCUT2D eigenvalue weighted by Gasteiger charge is 2.35. The van der Waals surface area contributed by atoms with E-state index < -0.39 is 0 Å². The van der Waals surface area contributed by atoms with Gasteiger partial charge < -0.3 is 19.9 Å². The van der Waals surface area contributed by atoms with Gasteiger partial charge in [0.1, 0.15) is 5.75 Å². The van der Waals surface area contributed by atoms with E-state index in [-0.39, 0.29) is 11.9 Å². The van der Waals surface area contributed by atoms with Crippen LogP contribution in [0.5, 0.6) is 5.75 Å². The second kappa shape index (κ2) is 11.9. The molecule has 0 aliphatic carbocycles. The number of ether oxygens (including phenoxy) is 1. The minimum Gasteiger partial charge on any atom is -0.495 e. The Kier molecular flexibility index (Phi) is 9.23. The van der Waals surface area contributed by atoms with Crippen LogP contribution in [0, 0.1) is 11.8 Å². The first kappa shape index (κ1) is 24.8. The van der Waals surface area contributed by atoms with Gasteiger partial charge in [-0.1, -0.05) is 26.0 Å². The summed E-state index contributed by atoms with van der Waals surface area (Å²) < 4.78 is 5.59. The van der Waals surface area contributed by atoms with Gasteiger partial charge in [0.15, 0.2) is 0 Å². The summed E-state index contributed by atoms with van der Waals surface area (Å²) in [5, 5.41) is 3.07. The summed E-state index contributed by atoms with van der Waals surface area (Å²) in [7, 11) is 1.75. The van der Waals surface area contributed by atoms with Gasteiger partial charge in [0.05, 0.1) is 12.8 Å². The summed E-state index contributed by atoms with van der Waals surface area (Å²) in [6.45, 7) is 16.3. The van der Waals surface area contributed by atoms with Gasteiger partial charge in [-0.3, -0.25) is 9.69 Å². The third kappa shape index (κ3) is 6.85. The van der Waals surface area contributed by atoms with Crippen LogP contribution in [0.4, 0.5) is 5.69 Å². The van der Waals surface area contributed by atoms with Gasteiger partial charge >= 0.3 is 0 Å². The fraction of sp³-hybridized carbons (Fsp3) is 0.731. The Morgan fingerprint density at radius 1 is 1.09 bits per heavy atom. The molecular weight excluding hydrogens is 400 g/mol. The molecule has 2 saturated heterocycles.